The summed E-state index contributed by atoms with van der Waals surface area (Å²) in [6.45, 7) is 10.3. The van der Waals surface area contributed by atoms with Crippen LogP contribution in [0.15, 0.2) is 10.3 Å². The summed E-state index contributed by atoms with van der Waals surface area (Å²) in [7, 11) is 0. The molecule has 2 N–H and O–H groups in total. The average Bonchev–Trinajstić information content (AvgIpc) is 2.36. The van der Waals surface area contributed by atoms with Crippen molar-refractivity contribution < 1.29 is 10.4 Å². The van der Waals surface area contributed by atoms with Crippen LogP contribution in [0.1, 0.15) is 79.6 Å². The van der Waals surface area contributed by atoms with Gasteiger partial charge in [0.15, 0.2) is 0 Å². The monoisotopic (exact) mass is 284 g/mol. The predicted molar refractivity (Wildman–Crippen MR) is 85.1 cm³/mol. The molecule has 20 heavy (non-hydrogen) atoms. The van der Waals surface area contributed by atoms with Gasteiger partial charge in [-0.3, -0.25) is 0 Å². The van der Waals surface area contributed by atoms with Gasteiger partial charge in [-0.2, -0.15) is 0 Å². The largest absolute Gasteiger partial charge is 0.411 e. The van der Waals surface area contributed by atoms with Gasteiger partial charge >= 0.3 is 0 Å². The summed E-state index contributed by atoms with van der Waals surface area (Å²) < 4.78 is 0. The number of oxime groups is 2. The zero-order valence-electron chi connectivity index (χ0n) is 13.8. The Hall–Kier alpha value is -1.06. The van der Waals surface area contributed by atoms with Gasteiger partial charge in [-0.15, -0.1) is 0 Å². The molecule has 0 aromatic heterocycles. The molecule has 0 bridgehead atoms. The summed E-state index contributed by atoms with van der Waals surface area (Å²) in [5.41, 5.74) is 1.65. The van der Waals surface area contributed by atoms with Crippen LogP contribution in [0.4, 0.5) is 0 Å². The van der Waals surface area contributed by atoms with Gasteiger partial charge in [0.2, 0.25) is 0 Å². The molecule has 0 aliphatic heterocycles. The molecule has 0 rings (SSSR count). The molecule has 118 valence electrons. The Morgan fingerprint density at radius 1 is 0.950 bits per heavy atom. The van der Waals surface area contributed by atoms with Crippen LogP contribution in [0.5, 0.6) is 0 Å². The average molecular weight is 284 g/mol. The Morgan fingerprint density at radius 2 is 1.50 bits per heavy atom. The second kappa shape index (κ2) is 9.78. The Morgan fingerprint density at radius 3 is 2.00 bits per heavy atom. The van der Waals surface area contributed by atoms with Gasteiger partial charge in [-0.1, -0.05) is 63.7 Å². The van der Waals surface area contributed by atoms with E-state index in [-0.39, 0.29) is 5.41 Å². The molecule has 4 heteroatoms. The first-order chi connectivity index (χ1) is 9.32. The van der Waals surface area contributed by atoms with Crippen molar-refractivity contribution >= 4 is 11.4 Å². The number of hydrogen-bond acceptors (Lipinski definition) is 4. The molecule has 0 fully saturated rings. The molecule has 4 nitrogen and oxygen atoms in total. The van der Waals surface area contributed by atoms with Crippen LogP contribution in [0, 0.1) is 11.3 Å². The van der Waals surface area contributed by atoms with E-state index in [2.05, 4.69) is 38.0 Å². The van der Waals surface area contributed by atoms with E-state index in [1.54, 1.807) is 0 Å². The molecule has 0 saturated heterocycles. The first kappa shape index (κ1) is 18.9. The lowest BCUT2D eigenvalue weighted by molar-refractivity contribution is 0.303. The first-order valence-corrected chi connectivity index (χ1v) is 7.73. The summed E-state index contributed by atoms with van der Waals surface area (Å²) >= 11 is 0. The van der Waals surface area contributed by atoms with Crippen LogP contribution in [0.25, 0.3) is 0 Å². The Labute approximate surface area is 124 Å². The smallest absolute Gasteiger partial charge is 0.0652 e. The van der Waals surface area contributed by atoms with Crippen LogP contribution in [0.2, 0.25) is 0 Å². The summed E-state index contributed by atoms with van der Waals surface area (Å²) in [5, 5.41) is 24.3. The summed E-state index contributed by atoms with van der Waals surface area (Å²) in [6, 6.07) is 0. The van der Waals surface area contributed by atoms with Crippen molar-refractivity contribution in [2.45, 2.75) is 79.6 Å². The maximum absolute atomic E-state index is 9.14. The molecule has 0 aliphatic rings. The molecule has 0 aromatic rings. The summed E-state index contributed by atoms with van der Waals surface area (Å²) in [4.78, 5) is 0. The second-order valence-electron chi connectivity index (χ2n) is 6.78. The van der Waals surface area contributed by atoms with E-state index >= 15 is 0 Å². The molecule has 1 atom stereocenters. The first-order valence-electron chi connectivity index (χ1n) is 7.73. The van der Waals surface area contributed by atoms with Crippen LogP contribution >= 0.6 is 0 Å². The van der Waals surface area contributed by atoms with Crippen molar-refractivity contribution in [1.82, 2.24) is 0 Å². The fourth-order valence-corrected chi connectivity index (χ4v) is 2.54. The van der Waals surface area contributed by atoms with Crippen molar-refractivity contribution in [3.05, 3.63) is 0 Å². The Balaban J connectivity index is 3.75. The molecule has 0 amide bonds. The highest BCUT2D eigenvalue weighted by Crippen LogP contribution is 2.25. The summed E-state index contributed by atoms with van der Waals surface area (Å²) in [6.07, 6.45) is 7.84. The lowest BCUT2D eigenvalue weighted by Gasteiger charge is -2.25. The topological polar surface area (TPSA) is 65.2 Å². The number of hydrogen-bond donors (Lipinski definition) is 2. The minimum absolute atomic E-state index is 0.0602. The van der Waals surface area contributed by atoms with E-state index in [0.29, 0.717) is 5.92 Å². The zero-order valence-corrected chi connectivity index (χ0v) is 13.8. The minimum atomic E-state index is -0.0602. The van der Waals surface area contributed by atoms with Gasteiger partial charge in [0.05, 0.1) is 11.4 Å². The maximum Gasteiger partial charge on any atom is 0.0652 e. The molecular formula is C16H32N2O2. The number of rotatable bonds is 9. The van der Waals surface area contributed by atoms with Gasteiger partial charge < -0.3 is 10.4 Å². The lowest BCUT2D eigenvalue weighted by Crippen LogP contribution is -2.27. The Bertz CT molecular complexity index is 317. The van der Waals surface area contributed by atoms with E-state index in [0.717, 1.165) is 30.7 Å². The van der Waals surface area contributed by atoms with E-state index in [9.17, 15) is 0 Å². The molecule has 0 aromatic carbocycles. The highest BCUT2D eigenvalue weighted by Gasteiger charge is 2.24. The van der Waals surface area contributed by atoms with E-state index in [1.807, 2.05) is 6.92 Å². The highest BCUT2D eigenvalue weighted by atomic mass is 16.4. The Kier molecular flexibility index (Phi) is 9.26. The van der Waals surface area contributed by atoms with Crippen molar-refractivity contribution in [3.63, 3.8) is 0 Å². The third kappa shape index (κ3) is 8.18. The van der Waals surface area contributed by atoms with E-state index in [4.69, 9.17) is 10.4 Å². The fraction of sp³-hybridized carbons (Fsp3) is 0.875. The zero-order chi connectivity index (χ0) is 15.6. The molecule has 1 unspecified atom stereocenters. The van der Waals surface area contributed by atoms with Crippen molar-refractivity contribution in [2.24, 2.45) is 21.6 Å². The van der Waals surface area contributed by atoms with Gasteiger partial charge in [-0.25, -0.2) is 0 Å². The van der Waals surface area contributed by atoms with Crippen LogP contribution in [0.3, 0.4) is 0 Å². The van der Waals surface area contributed by atoms with Crippen molar-refractivity contribution in [1.29, 1.82) is 0 Å². The SMILES string of the molecule is CC(CCCCCCCC(C)C(=NO)C(C)(C)C)=NO. The molecule has 0 saturated carbocycles. The van der Waals surface area contributed by atoms with Crippen LogP contribution < -0.4 is 0 Å². The minimum Gasteiger partial charge on any atom is -0.411 e. The molecule has 0 radical (unpaired) electrons. The van der Waals surface area contributed by atoms with Crippen LogP contribution in [-0.2, 0) is 0 Å². The van der Waals surface area contributed by atoms with Gasteiger partial charge in [-0.05, 0) is 32.1 Å². The van der Waals surface area contributed by atoms with Gasteiger partial charge in [0.25, 0.3) is 0 Å². The quantitative estimate of drug-likeness (QED) is 0.268. The predicted octanol–water partition coefficient (Wildman–Crippen LogP) is 5.08. The molecule has 0 aliphatic carbocycles. The van der Waals surface area contributed by atoms with Crippen molar-refractivity contribution in [2.75, 3.05) is 0 Å². The standard InChI is InChI=1S/C16H32N2O2/c1-13(15(18-20)16(3,4)5)11-9-7-6-8-10-12-14(2)17-19/h13,19-20H,6-12H2,1-5H3. The fourth-order valence-electron chi connectivity index (χ4n) is 2.54. The number of nitrogens with zero attached hydrogens (tertiary/aromatic N) is 2. The third-order valence-corrected chi connectivity index (χ3v) is 3.69. The highest BCUT2D eigenvalue weighted by molar-refractivity contribution is 5.90. The molecule has 0 heterocycles. The second-order valence-corrected chi connectivity index (χ2v) is 6.78. The normalized spacial score (nSPS) is 15.4. The van der Waals surface area contributed by atoms with E-state index in [1.165, 1.54) is 25.7 Å². The summed E-state index contributed by atoms with van der Waals surface area (Å²) in [5.74, 6) is 0.337. The van der Waals surface area contributed by atoms with Gasteiger partial charge in [0.1, 0.15) is 0 Å². The van der Waals surface area contributed by atoms with Gasteiger partial charge in [0, 0.05) is 5.41 Å². The number of unbranched alkanes of at least 4 members (excludes halogenated alkanes) is 4. The molecule has 0 spiro atoms. The lowest BCUT2D eigenvalue weighted by atomic mass is 9.81. The third-order valence-electron chi connectivity index (χ3n) is 3.69. The van der Waals surface area contributed by atoms with Crippen LogP contribution in [-0.4, -0.2) is 21.8 Å². The maximum atomic E-state index is 9.14. The molecular weight excluding hydrogens is 252 g/mol. The van der Waals surface area contributed by atoms with Crippen molar-refractivity contribution in [3.8, 4) is 0 Å². The van der Waals surface area contributed by atoms with E-state index < -0.39 is 0 Å².